The Morgan fingerprint density at radius 2 is 2.06 bits per heavy atom. The fraction of sp³-hybridized carbons (Fsp3) is 0.727. The highest BCUT2D eigenvalue weighted by molar-refractivity contribution is 5.83. The molecule has 0 spiro atoms. The minimum atomic E-state index is -0.636. The monoisotopic (exact) mass is 258 g/mol. The number of rotatable bonds is 8. The van der Waals surface area contributed by atoms with E-state index < -0.39 is 12.0 Å². The second kappa shape index (κ2) is 9.26. The number of carbonyl (C=O) groups is 2. The van der Waals surface area contributed by atoms with Crippen LogP contribution in [0, 0.1) is 0 Å². The predicted molar refractivity (Wildman–Crippen MR) is 68.8 cm³/mol. The summed E-state index contributed by atoms with van der Waals surface area (Å²) in [5.74, 6) is -0.674. The lowest BCUT2D eigenvalue weighted by molar-refractivity contribution is -0.148. The molecule has 5 N–H and O–H groups in total. The molecule has 7 heteroatoms. The Hall–Kier alpha value is -1.79. The summed E-state index contributed by atoms with van der Waals surface area (Å²) in [6.45, 7) is 4.03. The molecule has 1 atom stereocenters. The zero-order chi connectivity index (χ0) is 14.0. The van der Waals surface area contributed by atoms with E-state index in [0.717, 1.165) is 6.42 Å². The number of esters is 1. The van der Waals surface area contributed by atoms with Crippen molar-refractivity contribution in [2.24, 2.45) is 16.5 Å². The molecule has 104 valence electrons. The Kier molecular flexibility index (Phi) is 8.34. The second-order valence-corrected chi connectivity index (χ2v) is 3.87. The van der Waals surface area contributed by atoms with Gasteiger partial charge in [-0.25, -0.2) is 4.79 Å². The van der Waals surface area contributed by atoms with Gasteiger partial charge in [0.25, 0.3) is 0 Å². The molecule has 0 aromatic rings. The molecule has 0 bridgehead atoms. The van der Waals surface area contributed by atoms with Crippen LogP contribution in [0.5, 0.6) is 0 Å². The Bertz CT molecular complexity index is 301. The van der Waals surface area contributed by atoms with Crippen molar-refractivity contribution in [3.8, 4) is 0 Å². The summed E-state index contributed by atoms with van der Waals surface area (Å²) >= 11 is 0. The normalized spacial score (nSPS) is 11.4. The lowest BCUT2D eigenvalue weighted by atomic mass is 10.1. The van der Waals surface area contributed by atoms with Crippen LogP contribution >= 0.6 is 0 Å². The molecule has 0 aromatic heterocycles. The summed E-state index contributed by atoms with van der Waals surface area (Å²) in [5.41, 5.74) is 10.4. The maximum absolute atomic E-state index is 11.6. The summed E-state index contributed by atoms with van der Waals surface area (Å²) in [6, 6.07) is -0.636. The van der Waals surface area contributed by atoms with Crippen LogP contribution in [0.15, 0.2) is 4.99 Å². The highest BCUT2D eigenvalue weighted by atomic mass is 16.5. The third-order valence-electron chi connectivity index (χ3n) is 2.06. The molecular weight excluding hydrogens is 236 g/mol. The fourth-order valence-electron chi connectivity index (χ4n) is 1.30. The SMILES string of the molecule is CCCOC(=O)[C@H](CCCN=C(N)N)NC(C)=O. The highest BCUT2D eigenvalue weighted by Crippen LogP contribution is 2.01. The van der Waals surface area contributed by atoms with Crippen LogP contribution < -0.4 is 16.8 Å². The van der Waals surface area contributed by atoms with E-state index in [-0.39, 0.29) is 11.9 Å². The number of guanidine groups is 1. The van der Waals surface area contributed by atoms with E-state index in [1.165, 1.54) is 6.92 Å². The predicted octanol–water partition coefficient (Wildman–Crippen LogP) is -0.502. The van der Waals surface area contributed by atoms with Crippen molar-refractivity contribution in [2.45, 2.75) is 39.2 Å². The lowest BCUT2D eigenvalue weighted by Crippen LogP contribution is -2.41. The highest BCUT2D eigenvalue weighted by Gasteiger charge is 2.20. The number of aliphatic imine (C=N–C) groups is 1. The molecule has 0 aromatic carbocycles. The first-order valence-electron chi connectivity index (χ1n) is 5.96. The van der Waals surface area contributed by atoms with Gasteiger partial charge in [-0.3, -0.25) is 9.79 Å². The molecular formula is C11H22N4O3. The van der Waals surface area contributed by atoms with Gasteiger partial charge in [0, 0.05) is 13.5 Å². The van der Waals surface area contributed by atoms with Crippen molar-refractivity contribution in [1.29, 1.82) is 0 Å². The van der Waals surface area contributed by atoms with E-state index >= 15 is 0 Å². The van der Waals surface area contributed by atoms with Crippen molar-refractivity contribution in [3.05, 3.63) is 0 Å². The minimum Gasteiger partial charge on any atom is -0.464 e. The number of nitrogens with one attached hydrogen (secondary N) is 1. The standard InChI is InChI=1S/C11H22N4O3/c1-3-7-18-10(17)9(15-8(2)16)5-4-6-14-11(12)13/h9H,3-7H2,1-2H3,(H,15,16)(H4,12,13,14)/t9-/m0/s1. The Morgan fingerprint density at radius 3 is 2.56 bits per heavy atom. The molecule has 0 aliphatic rings. The summed E-state index contributed by atoms with van der Waals surface area (Å²) in [6.07, 6.45) is 1.77. The van der Waals surface area contributed by atoms with Crippen LogP contribution in [0.3, 0.4) is 0 Å². The quantitative estimate of drug-likeness (QED) is 0.234. The van der Waals surface area contributed by atoms with Crippen LogP contribution in [0.25, 0.3) is 0 Å². The summed E-state index contributed by atoms with van der Waals surface area (Å²) in [7, 11) is 0. The molecule has 1 amide bonds. The minimum absolute atomic E-state index is 0.0136. The molecule has 0 saturated heterocycles. The van der Waals surface area contributed by atoms with Gasteiger partial charge < -0.3 is 21.5 Å². The molecule has 7 nitrogen and oxygen atoms in total. The Labute approximate surface area is 107 Å². The molecule has 0 aliphatic carbocycles. The van der Waals surface area contributed by atoms with Crippen molar-refractivity contribution in [1.82, 2.24) is 5.32 Å². The number of ether oxygens (including phenoxy) is 1. The van der Waals surface area contributed by atoms with Crippen molar-refractivity contribution < 1.29 is 14.3 Å². The first kappa shape index (κ1) is 16.2. The molecule has 0 unspecified atom stereocenters. The van der Waals surface area contributed by atoms with Gasteiger partial charge in [-0.2, -0.15) is 0 Å². The fourth-order valence-corrected chi connectivity index (χ4v) is 1.30. The number of carbonyl (C=O) groups excluding carboxylic acids is 2. The van der Waals surface area contributed by atoms with Gasteiger partial charge in [0.15, 0.2) is 5.96 Å². The van der Waals surface area contributed by atoms with E-state index in [0.29, 0.717) is 26.0 Å². The van der Waals surface area contributed by atoms with Crippen LogP contribution in [0.2, 0.25) is 0 Å². The number of nitrogens with two attached hydrogens (primary N) is 2. The molecule has 0 heterocycles. The molecule has 0 radical (unpaired) electrons. The first-order valence-corrected chi connectivity index (χ1v) is 5.96. The van der Waals surface area contributed by atoms with Crippen molar-refractivity contribution in [3.63, 3.8) is 0 Å². The molecule has 0 aliphatic heterocycles. The summed E-state index contributed by atoms with van der Waals surface area (Å²) in [5, 5.41) is 2.55. The van der Waals surface area contributed by atoms with E-state index in [9.17, 15) is 9.59 Å². The smallest absolute Gasteiger partial charge is 0.328 e. The lowest BCUT2D eigenvalue weighted by Gasteiger charge is -2.16. The van der Waals surface area contributed by atoms with E-state index in [1.807, 2.05) is 6.92 Å². The Balaban J connectivity index is 4.17. The maximum Gasteiger partial charge on any atom is 0.328 e. The van der Waals surface area contributed by atoms with Gasteiger partial charge in [-0.1, -0.05) is 6.92 Å². The number of hydrogen-bond donors (Lipinski definition) is 3. The summed E-state index contributed by atoms with van der Waals surface area (Å²) < 4.78 is 4.99. The maximum atomic E-state index is 11.6. The topological polar surface area (TPSA) is 120 Å². The van der Waals surface area contributed by atoms with E-state index in [1.54, 1.807) is 0 Å². The van der Waals surface area contributed by atoms with Gasteiger partial charge in [-0.05, 0) is 19.3 Å². The molecule has 0 saturated carbocycles. The third kappa shape index (κ3) is 8.37. The van der Waals surface area contributed by atoms with E-state index in [2.05, 4.69) is 10.3 Å². The molecule has 0 fully saturated rings. The van der Waals surface area contributed by atoms with Crippen LogP contribution in [0.1, 0.15) is 33.1 Å². The van der Waals surface area contributed by atoms with Crippen molar-refractivity contribution >= 4 is 17.8 Å². The largest absolute Gasteiger partial charge is 0.464 e. The zero-order valence-corrected chi connectivity index (χ0v) is 10.9. The number of amides is 1. The van der Waals surface area contributed by atoms with Gasteiger partial charge in [0.1, 0.15) is 6.04 Å². The first-order chi connectivity index (χ1) is 8.47. The third-order valence-corrected chi connectivity index (χ3v) is 2.06. The number of nitrogens with zero attached hydrogens (tertiary/aromatic N) is 1. The van der Waals surface area contributed by atoms with Gasteiger partial charge in [0.05, 0.1) is 6.61 Å². The van der Waals surface area contributed by atoms with Gasteiger partial charge in [-0.15, -0.1) is 0 Å². The Morgan fingerprint density at radius 1 is 1.39 bits per heavy atom. The second-order valence-electron chi connectivity index (χ2n) is 3.87. The number of hydrogen-bond acceptors (Lipinski definition) is 4. The van der Waals surface area contributed by atoms with Crippen LogP contribution in [-0.4, -0.2) is 37.0 Å². The summed E-state index contributed by atoms with van der Waals surface area (Å²) in [4.78, 5) is 26.4. The molecule has 0 rings (SSSR count). The van der Waals surface area contributed by atoms with Crippen molar-refractivity contribution in [2.75, 3.05) is 13.2 Å². The van der Waals surface area contributed by atoms with Gasteiger partial charge in [0.2, 0.25) is 5.91 Å². The van der Waals surface area contributed by atoms with Crippen LogP contribution in [-0.2, 0) is 14.3 Å². The van der Waals surface area contributed by atoms with Crippen LogP contribution in [0.4, 0.5) is 0 Å². The zero-order valence-electron chi connectivity index (χ0n) is 10.9. The molecule has 18 heavy (non-hydrogen) atoms. The average molecular weight is 258 g/mol. The average Bonchev–Trinajstić information content (AvgIpc) is 2.29. The van der Waals surface area contributed by atoms with Gasteiger partial charge >= 0.3 is 5.97 Å². The van der Waals surface area contributed by atoms with E-state index in [4.69, 9.17) is 16.2 Å².